The average Bonchev–Trinajstić information content (AvgIpc) is 3.74. The van der Waals surface area contributed by atoms with Crippen molar-refractivity contribution in [3.63, 3.8) is 0 Å². The minimum atomic E-state index is -2.12. The third-order valence-electron chi connectivity index (χ3n) is 7.67. The molecule has 0 aliphatic rings. The maximum atomic E-state index is 16.6. The van der Waals surface area contributed by atoms with Crippen LogP contribution in [0.15, 0.2) is 85.5 Å². The van der Waals surface area contributed by atoms with E-state index in [0.29, 0.717) is 33.9 Å². The van der Waals surface area contributed by atoms with Gasteiger partial charge in [0.1, 0.15) is 0 Å². The predicted octanol–water partition coefficient (Wildman–Crippen LogP) is 5.76. The van der Waals surface area contributed by atoms with E-state index in [1.54, 1.807) is 60.9 Å². The monoisotopic (exact) mass is 618 g/mol. The number of benzene rings is 2. The van der Waals surface area contributed by atoms with Crippen LogP contribution in [0.1, 0.15) is 37.2 Å². The highest BCUT2D eigenvalue weighted by molar-refractivity contribution is 7.18. The molecule has 0 saturated carbocycles. The largest absolute Gasteiger partial charge is 0.302 e. The number of fused-ring (bicyclic) bond motifs is 1. The van der Waals surface area contributed by atoms with Crippen LogP contribution in [0.2, 0.25) is 0 Å². The van der Waals surface area contributed by atoms with Gasteiger partial charge in [-0.15, -0.1) is 10.2 Å². The summed E-state index contributed by atoms with van der Waals surface area (Å²) in [6.45, 7) is 8.22. The molecule has 4 heterocycles. The lowest BCUT2D eigenvalue weighted by atomic mass is 10.0. The Labute approximate surface area is 262 Å². The summed E-state index contributed by atoms with van der Waals surface area (Å²) in [5.41, 5.74) is 4.98. The first kappa shape index (κ1) is 30.1. The fraction of sp³-hybridized carbons (Fsp3) is 0.242. The van der Waals surface area contributed by atoms with Gasteiger partial charge in [-0.05, 0) is 49.8 Å². The van der Waals surface area contributed by atoms with Gasteiger partial charge in [-0.2, -0.15) is 20.0 Å². The van der Waals surface area contributed by atoms with Crippen molar-refractivity contribution in [1.82, 2.24) is 44.5 Å². The predicted molar refractivity (Wildman–Crippen MR) is 174 cm³/mol. The maximum absolute atomic E-state index is 16.6. The molecular formula is C33H32FN10P. The number of nitrogens with zero attached hydrogens (tertiary/aromatic N) is 10. The molecule has 0 saturated heterocycles. The highest BCUT2D eigenvalue weighted by Crippen LogP contribution is 2.40. The number of rotatable bonds is 11. The van der Waals surface area contributed by atoms with E-state index >= 15 is 4.39 Å². The molecule has 2 atom stereocenters. The lowest BCUT2D eigenvalue weighted by Crippen LogP contribution is -2.28. The van der Waals surface area contributed by atoms with Crippen molar-refractivity contribution in [3.05, 3.63) is 102 Å². The van der Waals surface area contributed by atoms with Crippen LogP contribution in [-0.2, 0) is 12.0 Å². The highest BCUT2D eigenvalue weighted by atomic mass is 31.0. The van der Waals surface area contributed by atoms with Gasteiger partial charge in [0.25, 0.3) is 0 Å². The van der Waals surface area contributed by atoms with Crippen LogP contribution in [0.4, 0.5) is 4.39 Å². The van der Waals surface area contributed by atoms with Crippen molar-refractivity contribution in [2.45, 2.75) is 32.2 Å². The van der Waals surface area contributed by atoms with Crippen LogP contribution in [0.5, 0.6) is 0 Å². The number of hydrogen-bond donors (Lipinski definition) is 0. The van der Waals surface area contributed by atoms with Gasteiger partial charge in [-0.25, -0.2) is 14.4 Å². The first-order valence-corrected chi connectivity index (χ1v) is 15.4. The second-order valence-corrected chi connectivity index (χ2v) is 11.5. The van der Waals surface area contributed by atoms with E-state index in [0.717, 1.165) is 49.3 Å². The Morgan fingerprint density at radius 1 is 0.911 bits per heavy atom. The molecule has 6 aromatic rings. The number of halogens is 1. The smallest absolute Gasteiger partial charge is 0.209 e. The summed E-state index contributed by atoms with van der Waals surface area (Å²) in [7, 11) is 2.25. The number of nitriles is 1. The molecule has 6 rings (SSSR count). The summed E-state index contributed by atoms with van der Waals surface area (Å²) < 4.78 is 20.0. The van der Waals surface area contributed by atoms with Crippen LogP contribution in [-0.4, -0.2) is 64.1 Å². The van der Waals surface area contributed by atoms with Crippen LogP contribution in [0.25, 0.3) is 39.4 Å². The molecule has 0 aliphatic heterocycles. The Balaban J connectivity index is 1.23. The van der Waals surface area contributed by atoms with Crippen LogP contribution >= 0.6 is 9.24 Å². The second kappa shape index (κ2) is 13.0. The van der Waals surface area contributed by atoms with Gasteiger partial charge >= 0.3 is 0 Å². The minimum absolute atomic E-state index is 0.00275. The van der Waals surface area contributed by atoms with E-state index in [-0.39, 0.29) is 5.82 Å². The highest BCUT2D eigenvalue weighted by Gasteiger charge is 2.35. The van der Waals surface area contributed by atoms with E-state index < -0.39 is 5.41 Å². The number of likely N-dealkylation sites (N-methyl/N-ethyl adjacent to an activating group) is 1. The average molecular weight is 619 g/mol. The Morgan fingerprint density at radius 2 is 1.71 bits per heavy atom. The third-order valence-corrected chi connectivity index (χ3v) is 8.26. The second-order valence-electron chi connectivity index (χ2n) is 10.7. The molecule has 12 heteroatoms. The summed E-state index contributed by atoms with van der Waals surface area (Å²) in [6.07, 6.45) is 8.47. The van der Waals surface area contributed by atoms with Crippen molar-refractivity contribution in [3.8, 4) is 39.8 Å². The molecule has 2 unspecified atom stereocenters. The zero-order valence-electron chi connectivity index (χ0n) is 25.0. The quantitative estimate of drug-likeness (QED) is 0.169. The Bertz CT molecular complexity index is 1980. The van der Waals surface area contributed by atoms with Gasteiger partial charge in [0.2, 0.25) is 5.41 Å². The van der Waals surface area contributed by atoms with Gasteiger partial charge in [-0.3, -0.25) is 4.68 Å². The summed E-state index contributed by atoms with van der Waals surface area (Å²) in [6, 6.07) is 19.7. The first-order chi connectivity index (χ1) is 21.9. The summed E-state index contributed by atoms with van der Waals surface area (Å²) in [5.74, 6) is 0.471. The lowest BCUT2D eigenvalue weighted by Gasteiger charge is -2.19. The van der Waals surface area contributed by atoms with Gasteiger partial charge in [0.15, 0.2) is 17.3 Å². The molecule has 0 fully saturated rings. The molecule has 10 nitrogen and oxygen atoms in total. The molecule has 226 valence electrons. The first-order valence-electron chi connectivity index (χ1n) is 14.8. The molecule has 0 aliphatic carbocycles. The zero-order chi connectivity index (χ0) is 31.4. The summed E-state index contributed by atoms with van der Waals surface area (Å²) >= 11 is 0. The Morgan fingerprint density at radius 3 is 2.49 bits per heavy atom. The van der Waals surface area contributed by atoms with Crippen molar-refractivity contribution < 1.29 is 4.39 Å². The molecule has 0 N–H and O–H groups in total. The minimum Gasteiger partial charge on any atom is -0.302 e. The molecule has 4 aromatic heterocycles. The number of aromatic nitrogens is 8. The normalized spacial score (nSPS) is 12.8. The molecular weight excluding hydrogens is 586 g/mol. The number of hydrogen-bond acceptors (Lipinski definition) is 8. The molecule has 45 heavy (non-hydrogen) atoms. The van der Waals surface area contributed by atoms with Crippen LogP contribution in [0.3, 0.4) is 0 Å². The summed E-state index contributed by atoms with van der Waals surface area (Å²) in [4.78, 5) is 11.6. The molecule has 0 radical (unpaired) electrons. The summed E-state index contributed by atoms with van der Waals surface area (Å²) in [5, 5.41) is 24.6. The van der Waals surface area contributed by atoms with Gasteiger partial charge < -0.3 is 4.90 Å². The molecule has 2 aromatic carbocycles. The van der Waals surface area contributed by atoms with Crippen molar-refractivity contribution >= 4 is 14.9 Å². The van der Waals surface area contributed by atoms with E-state index in [1.165, 1.54) is 4.52 Å². The van der Waals surface area contributed by atoms with Crippen molar-refractivity contribution in [2.75, 3.05) is 19.6 Å². The van der Waals surface area contributed by atoms with Crippen LogP contribution in [0, 0.1) is 11.3 Å². The lowest BCUT2D eigenvalue weighted by molar-refractivity contribution is 0.272. The maximum Gasteiger partial charge on any atom is 0.209 e. The van der Waals surface area contributed by atoms with Crippen molar-refractivity contribution in [2.24, 2.45) is 0 Å². The van der Waals surface area contributed by atoms with E-state index in [4.69, 9.17) is 0 Å². The molecule has 0 spiro atoms. The zero-order valence-corrected chi connectivity index (χ0v) is 26.2. The van der Waals surface area contributed by atoms with Gasteiger partial charge in [0, 0.05) is 53.0 Å². The molecule has 0 bridgehead atoms. The fourth-order valence-corrected chi connectivity index (χ4v) is 5.54. The third kappa shape index (κ3) is 6.34. The SMILES string of the molecule is CCCN(CC)CCn1cc(-c2cnc(-c3cccc(C(F)(P)c4nnc5ccc(-c6cccc(C#N)c6)nn45)c3)nc2)cn1. The van der Waals surface area contributed by atoms with Gasteiger partial charge in [0.05, 0.1) is 30.1 Å². The van der Waals surface area contributed by atoms with E-state index in [9.17, 15) is 5.26 Å². The van der Waals surface area contributed by atoms with Gasteiger partial charge in [-0.1, -0.05) is 53.4 Å². The Kier molecular flexibility index (Phi) is 8.69. The van der Waals surface area contributed by atoms with E-state index in [1.807, 2.05) is 29.2 Å². The molecule has 0 amide bonds. The Hall–Kier alpha value is -4.91. The van der Waals surface area contributed by atoms with Crippen LogP contribution < -0.4 is 0 Å². The standard InChI is InChI=1S/C33H32FN10P/c1-3-13-42(4-2)14-15-43-22-27(21-38-43)26-19-36-31(37-20-26)25-9-6-10-28(17-25)33(34,45)32-40-39-30-12-11-29(41-44(30)32)24-8-5-7-23(16-24)18-35/h5-12,16-17,19-22H,3-4,13-15,45H2,1-2H3. The number of alkyl halides is 1. The van der Waals surface area contributed by atoms with E-state index in [2.05, 4.69) is 64.4 Å². The fourth-order valence-electron chi connectivity index (χ4n) is 5.18. The topological polar surface area (TPSA) is 114 Å². The van der Waals surface area contributed by atoms with Crippen molar-refractivity contribution in [1.29, 1.82) is 5.26 Å².